The van der Waals surface area contributed by atoms with Crippen LogP contribution in [0.2, 0.25) is 0 Å². The molecule has 0 saturated heterocycles. The molecule has 1 saturated carbocycles. The third-order valence-corrected chi connectivity index (χ3v) is 4.80. The number of aromatic nitrogens is 2. The molecule has 1 heterocycles. The summed E-state index contributed by atoms with van der Waals surface area (Å²) in [4.78, 5) is 47.7. The maximum absolute atomic E-state index is 12.1. The van der Waals surface area contributed by atoms with Crippen LogP contribution in [0.5, 0.6) is 0 Å². The lowest BCUT2D eigenvalue weighted by Gasteiger charge is -2.10. The van der Waals surface area contributed by atoms with Gasteiger partial charge in [-0.3, -0.25) is 29.4 Å². The number of carbonyl (C=O) groups is 2. The Bertz CT molecular complexity index is 925. The molecule has 2 aromatic rings. The minimum atomic E-state index is -0.504. The van der Waals surface area contributed by atoms with Gasteiger partial charge in [0.2, 0.25) is 11.8 Å². The number of amides is 2. The van der Waals surface area contributed by atoms with E-state index in [9.17, 15) is 19.2 Å². The van der Waals surface area contributed by atoms with Crippen LogP contribution in [-0.4, -0.2) is 28.6 Å². The minimum Gasteiger partial charge on any atom is -0.347 e. The lowest BCUT2D eigenvalue weighted by atomic mass is 10.0. The molecule has 1 aromatic carbocycles. The van der Waals surface area contributed by atoms with E-state index >= 15 is 0 Å². The molecule has 1 aliphatic carbocycles. The van der Waals surface area contributed by atoms with Crippen LogP contribution in [0.1, 0.15) is 38.5 Å². The Hall–Kier alpha value is -2.90. The lowest BCUT2D eigenvalue weighted by molar-refractivity contribution is -0.124. The van der Waals surface area contributed by atoms with Crippen molar-refractivity contribution in [3.8, 4) is 0 Å². The second-order valence-corrected chi connectivity index (χ2v) is 6.65. The highest BCUT2D eigenvalue weighted by molar-refractivity contribution is 6.02. The summed E-state index contributed by atoms with van der Waals surface area (Å²) >= 11 is 0. The fourth-order valence-electron chi connectivity index (χ4n) is 3.43. The molecule has 26 heavy (non-hydrogen) atoms. The maximum atomic E-state index is 12.1. The zero-order valence-electron chi connectivity index (χ0n) is 14.4. The van der Waals surface area contributed by atoms with Crippen LogP contribution in [0.25, 0.3) is 10.8 Å². The monoisotopic (exact) mass is 358 g/mol. The van der Waals surface area contributed by atoms with E-state index in [2.05, 4.69) is 20.8 Å². The Morgan fingerprint density at radius 3 is 2.54 bits per heavy atom. The summed E-state index contributed by atoms with van der Waals surface area (Å²) in [7, 11) is 0. The van der Waals surface area contributed by atoms with Gasteiger partial charge in [-0.05, 0) is 24.5 Å². The summed E-state index contributed by atoms with van der Waals surface area (Å²) in [5, 5.41) is 9.94. The van der Waals surface area contributed by atoms with E-state index in [1.54, 1.807) is 6.07 Å². The minimum absolute atomic E-state index is 0.108. The van der Waals surface area contributed by atoms with Crippen molar-refractivity contribution in [2.24, 2.45) is 5.92 Å². The lowest BCUT2D eigenvalue weighted by Crippen LogP contribution is -2.33. The highest BCUT2D eigenvalue weighted by atomic mass is 16.2. The quantitative estimate of drug-likeness (QED) is 0.620. The molecule has 0 unspecified atom stereocenters. The summed E-state index contributed by atoms with van der Waals surface area (Å²) in [5.74, 6) is 0.0146. The maximum Gasteiger partial charge on any atom is 0.272 e. The zero-order valence-corrected chi connectivity index (χ0v) is 14.4. The predicted molar refractivity (Wildman–Crippen MR) is 98.0 cm³/mol. The van der Waals surface area contributed by atoms with Gasteiger partial charge in [0.05, 0.1) is 23.0 Å². The third-order valence-electron chi connectivity index (χ3n) is 4.80. The third kappa shape index (κ3) is 4.19. The average molecular weight is 358 g/mol. The van der Waals surface area contributed by atoms with E-state index in [-0.39, 0.29) is 28.9 Å². The number of hydrogen-bond donors (Lipinski definition) is 4. The Labute approximate surface area is 149 Å². The molecule has 1 aromatic heterocycles. The molecule has 1 aliphatic rings. The number of anilines is 1. The Morgan fingerprint density at radius 1 is 1.04 bits per heavy atom. The Balaban J connectivity index is 1.57. The molecule has 8 heteroatoms. The fraction of sp³-hybridized carbons (Fsp3) is 0.444. The van der Waals surface area contributed by atoms with Crippen LogP contribution in [0.4, 0.5) is 5.69 Å². The highest BCUT2D eigenvalue weighted by Crippen LogP contribution is 2.28. The standard InChI is InChI=1S/C18H22N4O4/c23-14(9-8-11-4-1-2-5-11)19-10-15(24)20-13-7-3-6-12-16(13)18(26)22-21-17(12)25/h3,6-7,11H,1-2,4-5,8-10H2,(H,19,23)(H,20,24)(H,21,25)(H,22,26). The van der Waals surface area contributed by atoms with Crippen LogP contribution >= 0.6 is 0 Å². The van der Waals surface area contributed by atoms with Crippen molar-refractivity contribution in [2.45, 2.75) is 38.5 Å². The van der Waals surface area contributed by atoms with Gasteiger partial charge < -0.3 is 10.6 Å². The molecule has 138 valence electrons. The van der Waals surface area contributed by atoms with E-state index in [0.717, 1.165) is 6.42 Å². The number of fused-ring (bicyclic) bond motifs is 1. The van der Waals surface area contributed by atoms with E-state index in [1.165, 1.54) is 37.8 Å². The fourth-order valence-corrected chi connectivity index (χ4v) is 3.43. The number of rotatable bonds is 6. The summed E-state index contributed by atoms with van der Waals surface area (Å²) in [5.41, 5.74) is -0.716. The number of aromatic amines is 2. The molecule has 8 nitrogen and oxygen atoms in total. The van der Waals surface area contributed by atoms with Gasteiger partial charge in [0.15, 0.2) is 0 Å². The zero-order chi connectivity index (χ0) is 18.5. The number of H-pyrrole nitrogens is 2. The van der Waals surface area contributed by atoms with Gasteiger partial charge in [0, 0.05) is 6.42 Å². The molecule has 0 aliphatic heterocycles. The van der Waals surface area contributed by atoms with Gasteiger partial charge in [0.25, 0.3) is 11.1 Å². The molecule has 0 spiro atoms. The van der Waals surface area contributed by atoms with Gasteiger partial charge in [-0.15, -0.1) is 0 Å². The molecular formula is C18H22N4O4. The van der Waals surface area contributed by atoms with Crippen molar-refractivity contribution < 1.29 is 9.59 Å². The number of nitrogens with one attached hydrogen (secondary N) is 4. The smallest absolute Gasteiger partial charge is 0.272 e. The van der Waals surface area contributed by atoms with Crippen LogP contribution in [0.3, 0.4) is 0 Å². The molecule has 4 N–H and O–H groups in total. The topological polar surface area (TPSA) is 124 Å². The summed E-state index contributed by atoms with van der Waals surface area (Å²) in [6, 6.07) is 4.62. The first-order valence-electron chi connectivity index (χ1n) is 8.85. The average Bonchev–Trinajstić information content (AvgIpc) is 3.15. The van der Waals surface area contributed by atoms with Gasteiger partial charge in [0.1, 0.15) is 0 Å². The summed E-state index contributed by atoms with van der Waals surface area (Å²) in [6.07, 6.45) is 6.12. The Morgan fingerprint density at radius 2 is 1.77 bits per heavy atom. The second kappa shape index (κ2) is 7.99. The number of carbonyl (C=O) groups excluding carboxylic acids is 2. The number of benzene rings is 1. The van der Waals surface area contributed by atoms with E-state index in [4.69, 9.17) is 0 Å². The Kier molecular flexibility index (Phi) is 5.50. The first kappa shape index (κ1) is 17.9. The van der Waals surface area contributed by atoms with E-state index in [0.29, 0.717) is 12.3 Å². The molecule has 0 atom stereocenters. The van der Waals surface area contributed by atoms with Crippen LogP contribution < -0.4 is 21.8 Å². The van der Waals surface area contributed by atoms with E-state index < -0.39 is 17.0 Å². The van der Waals surface area contributed by atoms with Crippen molar-refractivity contribution >= 4 is 28.3 Å². The van der Waals surface area contributed by atoms with Gasteiger partial charge in [-0.1, -0.05) is 31.7 Å². The first-order chi connectivity index (χ1) is 12.5. The van der Waals surface area contributed by atoms with Crippen LogP contribution in [0.15, 0.2) is 27.8 Å². The second-order valence-electron chi connectivity index (χ2n) is 6.65. The molecule has 2 amide bonds. The summed E-state index contributed by atoms with van der Waals surface area (Å²) in [6.45, 7) is -0.180. The SMILES string of the molecule is O=C(CCC1CCCC1)NCC(=O)Nc1cccc2c(=O)[nH][nH]c(=O)c12. The van der Waals surface area contributed by atoms with Crippen LogP contribution in [-0.2, 0) is 9.59 Å². The largest absolute Gasteiger partial charge is 0.347 e. The van der Waals surface area contributed by atoms with Crippen molar-refractivity contribution in [2.75, 3.05) is 11.9 Å². The van der Waals surface area contributed by atoms with Gasteiger partial charge >= 0.3 is 0 Å². The van der Waals surface area contributed by atoms with Crippen molar-refractivity contribution in [1.29, 1.82) is 0 Å². The molecular weight excluding hydrogens is 336 g/mol. The van der Waals surface area contributed by atoms with Gasteiger partial charge in [-0.25, -0.2) is 0 Å². The number of hydrogen-bond acceptors (Lipinski definition) is 4. The van der Waals surface area contributed by atoms with Crippen molar-refractivity contribution in [3.05, 3.63) is 38.9 Å². The van der Waals surface area contributed by atoms with Crippen molar-refractivity contribution in [1.82, 2.24) is 15.5 Å². The molecule has 3 rings (SSSR count). The molecule has 0 bridgehead atoms. The predicted octanol–water partition coefficient (Wildman–Crippen LogP) is 1.24. The van der Waals surface area contributed by atoms with E-state index in [1.807, 2.05) is 0 Å². The first-order valence-corrected chi connectivity index (χ1v) is 8.85. The van der Waals surface area contributed by atoms with Crippen molar-refractivity contribution in [3.63, 3.8) is 0 Å². The molecule has 0 radical (unpaired) electrons. The van der Waals surface area contributed by atoms with Crippen LogP contribution in [0, 0.1) is 5.92 Å². The van der Waals surface area contributed by atoms with Gasteiger partial charge in [-0.2, -0.15) is 0 Å². The summed E-state index contributed by atoms with van der Waals surface area (Å²) < 4.78 is 0. The molecule has 1 fully saturated rings. The normalized spacial score (nSPS) is 14.5. The highest BCUT2D eigenvalue weighted by Gasteiger charge is 2.16.